The average molecular weight is 384 g/mol. The first-order valence-electron chi connectivity index (χ1n) is 7.24. The van der Waals surface area contributed by atoms with Crippen molar-refractivity contribution in [2.45, 2.75) is 24.3 Å². The standard InChI is InChI=1S/C15H14ClN3O3S2/c16-11-3-1-10(2-4-11)7-19-12-8-24(21,22)9-13(12)23-15(19)18-14(20)5-6-17/h1-4,12-13H,5,7-9H2/t12-,13+/m1/s1. The summed E-state index contributed by atoms with van der Waals surface area (Å²) in [5.41, 5.74) is 0.949. The Morgan fingerprint density at radius 1 is 1.38 bits per heavy atom. The second-order valence-electron chi connectivity index (χ2n) is 5.68. The zero-order chi connectivity index (χ0) is 17.3. The Morgan fingerprint density at radius 2 is 2.08 bits per heavy atom. The lowest BCUT2D eigenvalue weighted by molar-refractivity contribution is -0.116. The summed E-state index contributed by atoms with van der Waals surface area (Å²) < 4.78 is 23.8. The maximum atomic E-state index is 11.9. The van der Waals surface area contributed by atoms with E-state index in [1.165, 1.54) is 11.8 Å². The molecule has 2 heterocycles. The van der Waals surface area contributed by atoms with Crippen LogP contribution in [0.25, 0.3) is 0 Å². The summed E-state index contributed by atoms with van der Waals surface area (Å²) in [6.45, 7) is 0.444. The van der Waals surface area contributed by atoms with E-state index in [4.69, 9.17) is 16.9 Å². The van der Waals surface area contributed by atoms with Crippen LogP contribution in [-0.2, 0) is 21.2 Å². The van der Waals surface area contributed by atoms with Gasteiger partial charge < -0.3 is 4.90 Å². The van der Waals surface area contributed by atoms with Crippen molar-refractivity contribution in [2.24, 2.45) is 4.99 Å². The van der Waals surface area contributed by atoms with Gasteiger partial charge in [-0.2, -0.15) is 10.3 Å². The molecular weight excluding hydrogens is 370 g/mol. The number of fused-ring (bicyclic) bond motifs is 1. The zero-order valence-corrected chi connectivity index (χ0v) is 14.9. The van der Waals surface area contributed by atoms with Crippen molar-refractivity contribution < 1.29 is 13.2 Å². The zero-order valence-electron chi connectivity index (χ0n) is 12.6. The van der Waals surface area contributed by atoms with E-state index in [1.54, 1.807) is 18.2 Å². The molecule has 0 aromatic heterocycles. The number of benzene rings is 1. The largest absolute Gasteiger partial charge is 0.342 e. The molecule has 1 aromatic rings. The summed E-state index contributed by atoms with van der Waals surface area (Å²) in [4.78, 5) is 17.6. The molecular formula is C15H14ClN3O3S2. The van der Waals surface area contributed by atoms with Gasteiger partial charge in [-0.25, -0.2) is 8.42 Å². The fraction of sp³-hybridized carbons (Fsp3) is 0.400. The highest BCUT2D eigenvalue weighted by atomic mass is 35.5. The molecule has 1 aromatic carbocycles. The van der Waals surface area contributed by atoms with Crippen LogP contribution < -0.4 is 0 Å². The quantitative estimate of drug-likeness (QED) is 0.791. The van der Waals surface area contributed by atoms with Gasteiger partial charge in [0.25, 0.3) is 5.91 Å². The van der Waals surface area contributed by atoms with Gasteiger partial charge in [-0.15, -0.1) is 0 Å². The number of nitrogens with zero attached hydrogens (tertiary/aromatic N) is 3. The number of sulfone groups is 1. The molecule has 24 heavy (non-hydrogen) atoms. The van der Waals surface area contributed by atoms with E-state index >= 15 is 0 Å². The first-order valence-corrected chi connectivity index (χ1v) is 10.3. The summed E-state index contributed by atoms with van der Waals surface area (Å²) in [5.74, 6) is -0.363. The molecule has 2 aliphatic heterocycles. The van der Waals surface area contributed by atoms with Gasteiger partial charge in [0, 0.05) is 16.8 Å². The number of nitriles is 1. The summed E-state index contributed by atoms with van der Waals surface area (Å²) in [6, 6.07) is 8.82. The lowest BCUT2D eigenvalue weighted by Gasteiger charge is -2.24. The number of carbonyl (C=O) groups is 1. The second-order valence-corrected chi connectivity index (χ2v) is 9.47. The second kappa shape index (κ2) is 6.75. The van der Waals surface area contributed by atoms with E-state index in [-0.39, 0.29) is 29.2 Å². The van der Waals surface area contributed by atoms with Crippen LogP contribution in [0.2, 0.25) is 5.02 Å². The molecule has 0 spiro atoms. The van der Waals surface area contributed by atoms with Crippen molar-refractivity contribution in [3.05, 3.63) is 34.9 Å². The van der Waals surface area contributed by atoms with Crippen molar-refractivity contribution in [3.8, 4) is 6.07 Å². The third-order valence-corrected chi connectivity index (χ3v) is 7.39. The predicted molar refractivity (Wildman–Crippen MR) is 93.5 cm³/mol. The molecule has 2 atom stereocenters. The van der Waals surface area contributed by atoms with Gasteiger partial charge in [-0.1, -0.05) is 35.5 Å². The molecule has 2 saturated heterocycles. The molecule has 0 bridgehead atoms. The number of thioether (sulfide) groups is 1. The number of halogens is 1. The molecule has 0 unspecified atom stereocenters. The topological polar surface area (TPSA) is 90.6 Å². The fourth-order valence-corrected chi connectivity index (χ4v) is 6.92. The summed E-state index contributed by atoms with van der Waals surface area (Å²) in [5, 5.41) is 9.60. The Hall–Kier alpha value is -1.56. The highest BCUT2D eigenvalue weighted by Crippen LogP contribution is 2.39. The molecule has 1 amide bonds. The maximum absolute atomic E-state index is 11.9. The number of aliphatic imine (C=N–C) groups is 1. The minimum absolute atomic E-state index is 0.0592. The number of hydrogen-bond donors (Lipinski definition) is 0. The van der Waals surface area contributed by atoms with Gasteiger partial charge in [0.2, 0.25) is 0 Å². The lowest BCUT2D eigenvalue weighted by Crippen LogP contribution is -2.37. The lowest BCUT2D eigenvalue weighted by atomic mass is 10.1. The van der Waals surface area contributed by atoms with Gasteiger partial charge >= 0.3 is 0 Å². The van der Waals surface area contributed by atoms with Crippen LogP contribution in [0.15, 0.2) is 29.3 Å². The minimum atomic E-state index is -3.08. The summed E-state index contributed by atoms with van der Waals surface area (Å²) in [6.07, 6.45) is -0.285. The molecule has 9 heteroatoms. The number of amides is 1. The van der Waals surface area contributed by atoms with Gasteiger partial charge in [-0.3, -0.25) is 4.79 Å². The van der Waals surface area contributed by atoms with E-state index in [0.717, 1.165) is 5.56 Å². The molecule has 0 N–H and O–H groups in total. The van der Waals surface area contributed by atoms with Crippen molar-refractivity contribution in [3.63, 3.8) is 0 Å². The maximum Gasteiger partial charge on any atom is 0.262 e. The van der Waals surface area contributed by atoms with E-state index in [0.29, 0.717) is 16.7 Å². The van der Waals surface area contributed by atoms with Crippen molar-refractivity contribution in [1.29, 1.82) is 5.26 Å². The van der Waals surface area contributed by atoms with Crippen LogP contribution in [-0.4, -0.2) is 47.2 Å². The SMILES string of the molecule is N#CCC(=O)N=C1S[C@H]2CS(=O)(=O)C[C@H]2N1Cc1ccc(Cl)cc1. The van der Waals surface area contributed by atoms with E-state index < -0.39 is 15.7 Å². The van der Waals surface area contributed by atoms with E-state index in [2.05, 4.69) is 4.99 Å². The first kappa shape index (κ1) is 17.3. The Labute approximate surface area is 149 Å². The van der Waals surface area contributed by atoms with Gasteiger partial charge in [0.05, 0.1) is 23.6 Å². The normalized spacial score (nSPS) is 26.3. The Kier molecular flexibility index (Phi) is 4.85. The van der Waals surface area contributed by atoms with Crippen molar-refractivity contribution >= 4 is 44.3 Å². The van der Waals surface area contributed by atoms with Crippen LogP contribution >= 0.6 is 23.4 Å². The van der Waals surface area contributed by atoms with E-state index in [1.807, 2.05) is 17.0 Å². The van der Waals surface area contributed by atoms with Gasteiger partial charge in [0.15, 0.2) is 15.0 Å². The van der Waals surface area contributed by atoms with E-state index in [9.17, 15) is 13.2 Å². The summed E-state index contributed by atoms with van der Waals surface area (Å²) in [7, 11) is -3.08. The molecule has 6 nitrogen and oxygen atoms in total. The predicted octanol–water partition coefficient (Wildman–Crippen LogP) is 1.85. The van der Waals surface area contributed by atoms with Crippen LogP contribution in [0.3, 0.4) is 0 Å². The molecule has 0 radical (unpaired) electrons. The Balaban J connectivity index is 1.88. The summed E-state index contributed by atoms with van der Waals surface area (Å²) >= 11 is 7.20. The molecule has 2 fully saturated rings. The molecule has 0 saturated carbocycles. The number of amidine groups is 1. The average Bonchev–Trinajstić information content (AvgIpc) is 2.95. The van der Waals surface area contributed by atoms with Crippen LogP contribution in [0.5, 0.6) is 0 Å². The molecule has 2 aliphatic rings. The Bertz CT molecular complexity index is 831. The Morgan fingerprint density at radius 3 is 2.75 bits per heavy atom. The molecule has 0 aliphatic carbocycles. The first-order chi connectivity index (χ1) is 11.4. The van der Waals surface area contributed by atoms with Gasteiger partial charge in [-0.05, 0) is 17.7 Å². The number of rotatable bonds is 3. The molecule has 126 valence electrons. The third-order valence-electron chi connectivity index (χ3n) is 3.89. The smallest absolute Gasteiger partial charge is 0.262 e. The van der Waals surface area contributed by atoms with Crippen molar-refractivity contribution in [2.75, 3.05) is 11.5 Å². The monoisotopic (exact) mass is 383 g/mol. The fourth-order valence-electron chi connectivity index (χ4n) is 2.82. The van der Waals surface area contributed by atoms with Gasteiger partial charge in [0.1, 0.15) is 6.42 Å². The minimum Gasteiger partial charge on any atom is -0.342 e. The number of hydrogen-bond acceptors (Lipinski definition) is 5. The van der Waals surface area contributed by atoms with Crippen LogP contribution in [0.1, 0.15) is 12.0 Å². The van der Waals surface area contributed by atoms with Crippen molar-refractivity contribution in [1.82, 2.24) is 4.90 Å². The number of carbonyl (C=O) groups excluding carboxylic acids is 1. The van der Waals surface area contributed by atoms with Crippen LogP contribution in [0.4, 0.5) is 0 Å². The highest BCUT2D eigenvalue weighted by Gasteiger charge is 2.48. The molecule has 3 rings (SSSR count). The highest BCUT2D eigenvalue weighted by molar-refractivity contribution is 8.15. The third kappa shape index (κ3) is 3.74. The van der Waals surface area contributed by atoms with Crippen LogP contribution in [0, 0.1) is 11.3 Å².